The Morgan fingerprint density at radius 3 is 2.57 bits per heavy atom. The molecular weight excluding hydrogens is 310 g/mol. The summed E-state index contributed by atoms with van der Waals surface area (Å²) in [6, 6.07) is 17.1. The molecule has 0 bridgehead atoms. The number of halogens is 1. The molecule has 0 saturated carbocycles. The average Bonchev–Trinajstić information content (AvgIpc) is 2.58. The van der Waals surface area contributed by atoms with Crippen LogP contribution in [-0.4, -0.2) is 18.2 Å². The molecule has 0 aliphatic carbocycles. The molecule has 2 aromatic carbocycles. The van der Waals surface area contributed by atoms with Gasteiger partial charge >= 0.3 is 0 Å². The summed E-state index contributed by atoms with van der Waals surface area (Å²) in [4.78, 5) is 11.8. The maximum Gasteiger partial charge on any atom is 0.259 e. The van der Waals surface area contributed by atoms with Crippen molar-refractivity contribution >= 4 is 35.0 Å². The zero-order valence-electron chi connectivity index (χ0n) is 12.8. The second-order valence-corrected chi connectivity index (χ2v) is 5.27. The minimum atomic E-state index is -0.239. The van der Waals surface area contributed by atoms with Gasteiger partial charge in [0.25, 0.3) is 5.91 Å². The molecule has 23 heavy (non-hydrogen) atoms. The first-order valence-electron chi connectivity index (χ1n) is 7.20. The second-order valence-electron chi connectivity index (χ2n) is 4.87. The lowest BCUT2D eigenvalue weighted by atomic mass is 10.2. The molecule has 0 aliphatic heterocycles. The smallest absolute Gasteiger partial charge is 0.259 e. The molecule has 0 fully saturated rings. The van der Waals surface area contributed by atoms with Crippen LogP contribution in [0.2, 0.25) is 5.02 Å². The molecule has 0 heterocycles. The van der Waals surface area contributed by atoms with E-state index in [2.05, 4.69) is 15.8 Å². The molecule has 2 aromatic rings. The van der Waals surface area contributed by atoms with Crippen molar-refractivity contribution in [2.45, 2.75) is 6.92 Å². The van der Waals surface area contributed by atoms with Crippen molar-refractivity contribution in [3.63, 3.8) is 0 Å². The van der Waals surface area contributed by atoms with Crippen LogP contribution in [0.5, 0.6) is 0 Å². The zero-order valence-corrected chi connectivity index (χ0v) is 13.5. The SMILES string of the molecule is CC(/C=C\c1ccccc1)=N\NC(=O)CNc1ccccc1Cl. The van der Waals surface area contributed by atoms with Crippen molar-refractivity contribution in [2.75, 3.05) is 11.9 Å². The predicted molar refractivity (Wildman–Crippen MR) is 96.7 cm³/mol. The highest BCUT2D eigenvalue weighted by atomic mass is 35.5. The molecule has 0 saturated heterocycles. The Hall–Kier alpha value is -2.59. The van der Waals surface area contributed by atoms with Crippen LogP contribution in [0, 0.1) is 0 Å². The number of hydrogen-bond donors (Lipinski definition) is 2. The van der Waals surface area contributed by atoms with Crippen LogP contribution in [-0.2, 0) is 4.79 Å². The van der Waals surface area contributed by atoms with E-state index in [1.165, 1.54) is 0 Å². The highest BCUT2D eigenvalue weighted by Gasteiger charge is 2.02. The first-order chi connectivity index (χ1) is 11.1. The van der Waals surface area contributed by atoms with Gasteiger partial charge in [0.2, 0.25) is 0 Å². The molecule has 2 rings (SSSR count). The van der Waals surface area contributed by atoms with E-state index < -0.39 is 0 Å². The van der Waals surface area contributed by atoms with Gasteiger partial charge in [0.1, 0.15) is 0 Å². The number of nitrogens with one attached hydrogen (secondary N) is 2. The standard InChI is InChI=1S/C18H18ClN3O/c1-14(11-12-15-7-3-2-4-8-15)21-22-18(23)13-20-17-10-6-5-9-16(17)19/h2-12,20H,13H2,1H3,(H,22,23)/b12-11-,21-14+. The number of hydrazone groups is 1. The molecule has 0 spiro atoms. The predicted octanol–water partition coefficient (Wildman–Crippen LogP) is 3.96. The summed E-state index contributed by atoms with van der Waals surface area (Å²) in [6.45, 7) is 1.92. The van der Waals surface area contributed by atoms with Crippen molar-refractivity contribution in [3.8, 4) is 0 Å². The normalized spacial score (nSPS) is 11.5. The van der Waals surface area contributed by atoms with Crippen molar-refractivity contribution in [3.05, 3.63) is 71.3 Å². The van der Waals surface area contributed by atoms with Gasteiger partial charge in [0, 0.05) is 0 Å². The van der Waals surface area contributed by atoms with Gasteiger partial charge in [-0.2, -0.15) is 5.10 Å². The van der Waals surface area contributed by atoms with Gasteiger partial charge in [-0.05, 0) is 30.7 Å². The number of para-hydroxylation sites is 1. The number of carbonyl (C=O) groups is 1. The number of anilines is 1. The fraction of sp³-hybridized carbons (Fsp3) is 0.111. The Kier molecular flexibility index (Phi) is 6.39. The summed E-state index contributed by atoms with van der Waals surface area (Å²) < 4.78 is 0. The third-order valence-electron chi connectivity index (χ3n) is 2.99. The monoisotopic (exact) mass is 327 g/mol. The van der Waals surface area contributed by atoms with Crippen molar-refractivity contribution in [1.29, 1.82) is 0 Å². The summed E-state index contributed by atoms with van der Waals surface area (Å²) in [6.07, 6.45) is 3.78. The molecule has 4 nitrogen and oxygen atoms in total. The van der Waals surface area contributed by atoms with Gasteiger partial charge in [-0.15, -0.1) is 0 Å². The maximum atomic E-state index is 11.8. The van der Waals surface area contributed by atoms with Crippen molar-refractivity contribution in [1.82, 2.24) is 5.43 Å². The van der Waals surface area contributed by atoms with Crippen LogP contribution < -0.4 is 10.7 Å². The highest BCUT2D eigenvalue weighted by Crippen LogP contribution is 2.19. The lowest BCUT2D eigenvalue weighted by Gasteiger charge is -2.06. The summed E-state index contributed by atoms with van der Waals surface area (Å²) in [7, 11) is 0. The third kappa shape index (κ3) is 5.96. The minimum absolute atomic E-state index is 0.100. The number of amides is 1. The number of carbonyl (C=O) groups excluding carboxylic acids is 1. The number of nitrogens with zero attached hydrogens (tertiary/aromatic N) is 1. The number of allylic oxidation sites excluding steroid dienone is 1. The van der Waals surface area contributed by atoms with Gasteiger partial charge in [-0.25, -0.2) is 5.43 Å². The largest absolute Gasteiger partial charge is 0.375 e. The van der Waals surface area contributed by atoms with Gasteiger partial charge in [0.15, 0.2) is 0 Å². The van der Waals surface area contributed by atoms with Gasteiger partial charge in [-0.1, -0.05) is 60.1 Å². The van der Waals surface area contributed by atoms with Gasteiger partial charge in [0.05, 0.1) is 23.0 Å². The van der Waals surface area contributed by atoms with E-state index in [9.17, 15) is 4.79 Å². The molecule has 0 unspecified atom stereocenters. The molecular formula is C18H18ClN3O. The molecule has 2 N–H and O–H groups in total. The Morgan fingerprint density at radius 1 is 1.13 bits per heavy atom. The Balaban J connectivity index is 1.81. The molecule has 0 aliphatic rings. The molecule has 0 aromatic heterocycles. The van der Waals surface area contributed by atoms with E-state index >= 15 is 0 Å². The summed E-state index contributed by atoms with van der Waals surface area (Å²) in [5, 5.41) is 7.57. The Bertz CT molecular complexity index is 711. The van der Waals surface area contributed by atoms with E-state index in [4.69, 9.17) is 11.6 Å². The van der Waals surface area contributed by atoms with E-state index in [0.717, 1.165) is 5.56 Å². The van der Waals surface area contributed by atoms with Crippen LogP contribution in [0.3, 0.4) is 0 Å². The van der Waals surface area contributed by atoms with Crippen molar-refractivity contribution in [2.24, 2.45) is 5.10 Å². The van der Waals surface area contributed by atoms with E-state index in [0.29, 0.717) is 16.4 Å². The van der Waals surface area contributed by atoms with Crippen molar-refractivity contribution < 1.29 is 4.79 Å². The lowest BCUT2D eigenvalue weighted by Crippen LogP contribution is -2.26. The molecule has 0 radical (unpaired) electrons. The Morgan fingerprint density at radius 2 is 1.83 bits per heavy atom. The first kappa shape index (κ1) is 16.8. The van der Waals surface area contributed by atoms with Gasteiger partial charge in [-0.3, -0.25) is 4.79 Å². The fourth-order valence-electron chi connectivity index (χ4n) is 1.79. The Labute approximate surface area is 140 Å². The number of hydrogen-bond acceptors (Lipinski definition) is 3. The summed E-state index contributed by atoms with van der Waals surface area (Å²) in [5.41, 5.74) is 5.00. The molecule has 0 atom stereocenters. The van der Waals surface area contributed by atoms with Crippen LogP contribution in [0.4, 0.5) is 5.69 Å². The van der Waals surface area contributed by atoms with Crippen LogP contribution in [0.25, 0.3) is 6.08 Å². The van der Waals surface area contributed by atoms with Gasteiger partial charge < -0.3 is 5.32 Å². The zero-order chi connectivity index (χ0) is 16.5. The van der Waals surface area contributed by atoms with Crippen LogP contribution in [0.15, 0.2) is 65.8 Å². The molecule has 5 heteroatoms. The quantitative estimate of drug-likeness (QED) is 0.623. The maximum absolute atomic E-state index is 11.8. The minimum Gasteiger partial charge on any atom is -0.375 e. The number of benzene rings is 2. The fourth-order valence-corrected chi connectivity index (χ4v) is 1.99. The topological polar surface area (TPSA) is 53.5 Å². The highest BCUT2D eigenvalue weighted by molar-refractivity contribution is 6.33. The average molecular weight is 328 g/mol. The van der Waals surface area contributed by atoms with E-state index in [1.54, 1.807) is 6.07 Å². The lowest BCUT2D eigenvalue weighted by molar-refractivity contribution is -0.119. The van der Waals surface area contributed by atoms with E-state index in [-0.39, 0.29) is 12.5 Å². The third-order valence-corrected chi connectivity index (χ3v) is 3.32. The van der Waals surface area contributed by atoms with Crippen LogP contribution >= 0.6 is 11.6 Å². The molecule has 118 valence electrons. The van der Waals surface area contributed by atoms with E-state index in [1.807, 2.05) is 67.6 Å². The molecule has 1 amide bonds. The number of rotatable bonds is 6. The second kappa shape index (κ2) is 8.76. The summed E-state index contributed by atoms with van der Waals surface area (Å²) >= 11 is 6.00. The first-order valence-corrected chi connectivity index (χ1v) is 7.57. The summed E-state index contributed by atoms with van der Waals surface area (Å²) in [5.74, 6) is -0.239. The van der Waals surface area contributed by atoms with Crippen LogP contribution in [0.1, 0.15) is 12.5 Å².